The fraction of sp³-hybridized carbons (Fsp3) is 0.385. The van der Waals surface area contributed by atoms with Crippen molar-refractivity contribution in [1.29, 1.82) is 0 Å². The lowest BCUT2D eigenvalue weighted by Gasteiger charge is -2.30. The Morgan fingerprint density at radius 1 is 0.977 bits per heavy atom. The van der Waals surface area contributed by atoms with E-state index >= 15 is 0 Å². The summed E-state index contributed by atoms with van der Waals surface area (Å²) in [6.07, 6.45) is -1.12. The van der Waals surface area contributed by atoms with Gasteiger partial charge in [0.15, 0.2) is 5.12 Å². The maximum Gasteiger partial charge on any atom is 0.410 e. The topological polar surface area (TPSA) is 218 Å². The van der Waals surface area contributed by atoms with Gasteiger partial charge in [-0.3, -0.25) is 25.0 Å². The highest BCUT2D eigenvalue weighted by molar-refractivity contribution is 8.14. The Balaban J connectivity index is 1.70. The van der Waals surface area contributed by atoms with Crippen molar-refractivity contribution in [1.82, 2.24) is 15.1 Å². The number of nitrogens with two attached hydrogens (primary N) is 1. The molecule has 1 aliphatic heterocycles. The number of hydrogen-bond acceptors (Lipinski definition) is 11. The number of nitrogens with zero attached hydrogens (tertiary/aromatic N) is 4. The number of nitrogens with one attached hydrogen (secondary N) is 1. The number of non-ortho nitro benzene ring substituents is 2. The molecule has 230 valence electrons. The van der Waals surface area contributed by atoms with Crippen LogP contribution in [0.1, 0.15) is 24.5 Å². The molecule has 3 N–H and O–H groups in total. The minimum Gasteiger partial charge on any atom is -0.445 e. The van der Waals surface area contributed by atoms with Gasteiger partial charge in [-0.15, -0.1) is 0 Å². The average Bonchev–Trinajstić information content (AvgIpc) is 3.35. The van der Waals surface area contributed by atoms with E-state index in [1.165, 1.54) is 65.3 Å². The molecule has 43 heavy (non-hydrogen) atoms. The summed E-state index contributed by atoms with van der Waals surface area (Å²) in [6, 6.07) is 9.61. The SMILES string of the molecule is CC(=O)SC1C[C@@H](CN(CCNC(N)=O)C(=O)OCc2ccc([N+](=O)[O-])cc2)N(C(=O)OCc2ccc([N+](=O)[O-])cc2)C1. The number of rotatable bonds is 12. The first kappa shape index (κ1) is 32.6. The Kier molecular flexibility index (Phi) is 11.6. The van der Waals surface area contributed by atoms with Crippen molar-refractivity contribution in [2.75, 3.05) is 26.2 Å². The van der Waals surface area contributed by atoms with Crippen molar-refractivity contribution >= 4 is 46.5 Å². The maximum absolute atomic E-state index is 13.1. The number of urea groups is 1. The molecule has 1 aliphatic rings. The molecule has 1 heterocycles. The number of hydrogen-bond donors (Lipinski definition) is 2. The highest BCUT2D eigenvalue weighted by Gasteiger charge is 2.39. The molecule has 0 radical (unpaired) electrons. The fourth-order valence-corrected chi connectivity index (χ4v) is 5.33. The number of thioether (sulfide) groups is 1. The summed E-state index contributed by atoms with van der Waals surface area (Å²) in [6.45, 7) is 1.17. The third kappa shape index (κ3) is 10.1. The predicted octanol–water partition coefficient (Wildman–Crippen LogP) is 3.17. The maximum atomic E-state index is 13.1. The lowest BCUT2D eigenvalue weighted by atomic mass is 10.2. The number of nitro groups is 2. The largest absolute Gasteiger partial charge is 0.445 e. The van der Waals surface area contributed by atoms with E-state index in [9.17, 15) is 39.4 Å². The highest BCUT2D eigenvalue weighted by atomic mass is 32.2. The molecular weight excluding hydrogens is 588 g/mol. The Morgan fingerprint density at radius 3 is 2.00 bits per heavy atom. The van der Waals surface area contributed by atoms with Crippen LogP contribution in [0.25, 0.3) is 0 Å². The Morgan fingerprint density at radius 2 is 1.51 bits per heavy atom. The van der Waals surface area contributed by atoms with E-state index in [0.717, 1.165) is 11.8 Å². The molecule has 4 amide bonds. The predicted molar refractivity (Wildman–Crippen MR) is 153 cm³/mol. The lowest BCUT2D eigenvalue weighted by Crippen LogP contribution is -2.48. The van der Waals surface area contributed by atoms with Crippen LogP contribution in [0.5, 0.6) is 0 Å². The van der Waals surface area contributed by atoms with Crippen LogP contribution in [0.2, 0.25) is 0 Å². The smallest absolute Gasteiger partial charge is 0.410 e. The summed E-state index contributed by atoms with van der Waals surface area (Å²) in [7, 11) is 0. The number of carbonyl (C=O) groups is 4. The fourth-order valence-electron chi connectivity index (χ4n) is 4.31. The zero-order chi connectivity index (χ0) is 31.5. The molecule has 0 saturated carbocycles. The second kappa shape index (κ2) is 15.3. The van der Waals surface area contributed by atoms with Gasteiger partial charge in [0, 0.05) is 62.6 Å². The first-order chi connectivity index (χ1) is 20.4. The molecule has 0 aromatic heterocycles. The molecule has 2 atom stereocenters. The summed E-state index contributed by atoms with van der Waals surface area (Å²) >= 11 is 1.07. The van der Waals surface area contributed by atoms with Crippen molar-refractivity contribution in [3.8, 4) is 0 Å². The van der Waals surface area contributed by atoms with Gasteiger partial charge in [-0.1, -0.05) is 11.8 Å². The van der Waals surface area contributed by atoms with Crippen LogP contribution in [-0.4, -0.2) is 80.5 Å². The summed E-state index contributed by atoms with van der Waals surface area (Å²) in [5, 5.41) is 23.7. The minimum atomic E-state index is -0.797. The number of amides is 4. The van der Waals surface area contributed by atoms with E-state index in [1.807, 2.05) is 0 Å². The van der Waals surface area contributed by atoms with Gasteiger partial charge in [0.1, 0.15) is 13.2 Å². The van der Waals surface area contributed by atoms with E-state index < -0.39 is 34.1 Å². The molecule has 2 aromatic carbocycles. The van der Waals surface area contributed by atoms with Crippen LogP contribution >= 0.6 is 11.8 Å². The standard InChI is InChI=1S/C26H30N6O10S/c1-17(33)43-23-12-22(30(14-23)26(36)42-16-19-4-8-21(9-5-19)32(39)40)13-29(11-10-28-24(27)34)25(35)41-15-18-2-6-20(7-3-18)31(37)38/h2-9,22-23H,10-16H2,1H3,(H3,27,28,34)/t22-,23?/m0/s1. The van der Waals surface area contributed by atoms with Crippen LogP contribution in [0.4, 0.5) is 25.8 Å². The van der Waals surface area contributed by atoms with Gasteiger partial charge in [0.05, 0.1) is 15.9 Å². The highest BCUT2D eigenvalue weighted by Crippen LogP contribution is 2.30. The summed E-state index contributed by atoms with van der Waals surface area (Å²) in [5.41, 5.74) is 5.95. The summed E-state index contributed by atoms with van der Waals surface area (Å²) < 4.78 is 10.9. The number of likely N-dealkylation sites (tertiary alicyclic amines) is 1. The second-order valence-corrected chi connectivity index (χ2v) is 10.9. The number of ether oxygens (including phenoxy) is 2. The van der Waals surface area contributed by atoms with Gasteiger partial charge >= 0.3 is 18.2 Å². The van der Waals surface area contributed by atoms with Gasteiger partial charge in [0.2, 0.25) is 0 Å². The van der Waals surface area contributed by atoms with Crippen molar-refractivity contribution in [3.05, 3.63) is 79.9 Å². The van der Waals surface area contributed by atoms with Crippen molar-refractivity contribution in [3.63, 3.8) is 0 Å². The lowest BCUT2D eigenvalue weighted by molar-refractivity contribution is -0.385. The van der Waals surface area contributed by atoms with E-state index in [1.54, 1.807) is 0 Å². The first-order valence-corrected chi connectivity index (χ1v) is 13.8. The number of carbonyl (C=O) groups excluding carboxylic acids is 4. The van der Waals surface area contributed by atoms with Gasteiger partial charge in [0.25, 0.3) is 11.4 Å². The molecule has 0 aliphatic carbocycles. The average molecular weight is 619 g/mol. The van der Waals surface area contributed by atoms with Crippen LogP contribution in [0.15, 0.2) is 48.5 Å². The zero-order valence-corrected chi connectivity index (χ0v) is 23.9. The molecule has 16 nitrogen and oxygen atoms in total. The third-order valence-corrected chi connectivity index (χ3v) is 7.34. The molecule has 17 heteroatoms. The van der Waals surface area contributed by atoms with Crippen LogP contribution in [0, 0.1) is 20.2 Å². The van der Waals surface area contributed by atoms with E-state index in [0.29, 0.717) is 17.5 Å². The minimum absolute atomic E-state index is 0.00903. The Bertz CT molecular complexity index is 1340. The van der Waals surface area contributed by atoms with Crippen LogP contribution in [-0.2, 0) is 27.5 Å². The summed E-state index contributed by atoms with van der Waals surface area (Å²) in [4.78, 5) is 72.6. The van der Waals surface area contributed by atoms with Gasteiger partial charge in [-0.2, -0.15) is 0 Å². The second-order valence-electron chi connectivity index (χ2n) is 9.47. The van der Waals surface area contributed by atoms with Crippen molar-refractivity contribution in [2.45, 2.75) is 37.9 Å². The van der Waals surface area contributed by atoms with Crippen molar-refractivity contribution in [2.24, 2.45) is 5.73 Å². The van der Waals surface area contributed by atoms with Gasteiger partial charge < -0.3 is 30.3 Å². The van der Waals surface area contributed by atoms with Crippen LogP contribution in [0.3, 0.4) is 0 Å². The molecule has 1 fully saturated rings. The molecule has 0 spiro atoms. The van der Waals surface area contributed by atoms with Gasteiger partial charge in [-0.25, -0.2) is 14.4 Å². The zero-order valence-electron chi connectivity index (χ0n) is 23.1. The van der Waals surface area contributed by atoms with E-state index in [4.69, 9.17) is 15.2 Å². The quantitative estimate of drug-likeness (QED) is 0.260. The van der Waals surface area contributed by atoms with Gasteiger partial charge in [-0.05, 0) is 41.8 Å². The third-order valence-electron chi connectivity index (χ3n) is 6.33. The molecule has 3 rings (SSSR count). The Hall–Kier alpha value is -4.93. The molecule has 1 saturated heterocycles. The monoisotopic (exact) mass is 618 g/mol. The number of primary amides is 1. The first-order valence-electron chi connectivity index (χ1n) is 12.9. The van der Waals surface area contributed by atoms with E-state index in [2.05, 4.69) is 5.32 Å². The molecular formula is C26H30N6O10S. The van der Waals surface area contributed by atoms with Crippen LogP contribution < -0.4 is 11.1 Å². The molecule has 2 aromatic rings. The number of nitro benzene ring substituents is 2. The number of benzene rings is 2. The van der Waals surface area contributed by atoms with Crippen molar-refractivity contribution < 1.29 is 38.5 Å². The van der Waals surface area contributed by atoms with E-state index in [-0.39, 0.29) is 61.1 Å². The molecule has 0 bridgehead atoms. The normalized spacial score (nSPS) is 15.8. The Labute approximate surface area is 249 Å². The summed E-state index contributed by atoms with van der Waals surface area (Å²) in [5.74, 6) is 0. The molecule has 1 unspecified atom stereocenters.